The van der Waals surface area contributed by atoms with E-state index in [0.717, 1.165) is 0 Å². The minimum absolute atomic E-state index is 1.24. The molecule has 0 aliphatic carbocycles. The Morgan fingerprint density at radius 1 is 0.607 bits per heavy atom. The summed E-state index contributed by atoms with van der Waals surface area (Å²) >= 11 is 3.78. The molecule has 0 N–H and O–H groups in total. The lowest BCUT2D eigenvalue weighted by atomic mass is 10.1. The van der Waals surface area contributed by atoms with E-state index in [2.05, 4.69) is 60.8 Å². The second kappa shape index (κ2) is 12.2. The van der Waals surface area contributed by atoms with Gasteiger partial charge in [0.1, 0.15) is 0 Å². The number of rotatable bonds is 13. The second-order valence-corrected chi connectivity index (χ2v) is 9.87. The normalized spacial score (nSPS) is 11.2. The van der Waals surface area contributed by atoms with E-state index in [0.29, 0.717) is 0 Å². The van der Waals surface area contributed by atoms with Gasteiger partial charge in [0.15, 0.2) is 0 Å². The van der Waals surface area contributed by atoms with Crippen LogP contribution in [0, 0.1) is 0 Å². The molecule has 3 rings (SSSR count). The average Bonchev–Trinajstić information content (AvgIpc) is 3.42. The molecule has 0 aliphatic heterocycles. The zero-order chi connectivity index (χ0) is 19.4. The van der Waals surface area contributed by atoms with Crippen molar-refractivity contribution in [2.45, 2.75) is 77.6 Å². The quantitative estimate of drug-likeness (QED) is 0.246. The van der Waals surface area contributed by atoms with Gasteiger partial charge in [0.05, 0.1) is 0 Å². The monoisotopic (exact) mass is 410 g/mol. The summed E-state index contributed by atoms with van der Waals surface area (Å²) in [6.07, 6.45) is 15.3. The molecule has 0 nitrogen and oxygen atoms in total. The number of hydrogen-bond acceptors (Lipinski definition) is 2. The Morgan fingerprint density at radius 3 is 1.82 bits per heavy atom. The van der Waals surface area contributed by atoms with Crippen molar-refractivity contribution in [3.63, 3.8) is 0 Å². The molecule has 0 fully saturated rings. The summed E-state index contributed by atoms with van der Waals surface area (Å²) in [6, 6.07) is 18.0. The van der Waals surface area contributed by atoms with Crippen LogP contribution in [-0.2, 0) is 6.42 Å². The van der Waals surface area contributed by atoms with Gasteiger partial charge in [0.2, 0.25) is 0 Å². The molecule has 0 atom stereocenters. The van der Waals surface area contributed by atoms with E-state index < -0.39 is 0 Å². The van der Waals surface area contributed by atoms with Crippen LogP contribution in [0.3, 0.4) is 0 Å². The van der Waals surface area contributed by atoms with Crippen molar-refractivity contribution in [2.24, 2.45) is 0 Å². The zero-order valence-corrected chi connectivity index (χ0v) is 18.9. The Bertz CT molecular complexity index is 765. The smallest absolute Gasteiger partial charge is 0.0345 e. The molecule has 0 aliphatic rings. The van der Waals surface area contributed by atoms with Gasteiger partial charge >= 0.3 is 0 Å². The molecule has 150 valence electrons. The van der Waals surface area contributed by atoms with Gasteiger partial charge in [-0.25, -0.2) is 0 Å². The van der Waals surface area contributed by atoms with Crippen LogP contribution in [0.15, 0.2) is 53.9 Å². The van der Waals surface area contributed by atoms with Gasteiger partial charge in [0.25, 0.3) is 0 Å². The molecule has 2 heterocycles. The van der Waals surface area contributed by atoms with Gasteiger partial charge < -0.3 is 0 Å². The summed E-state index contributed by atoms with van der Waals surface area (Å²) in [7, 11) is 0. The Hall–Kier alpha value is -1.38. The third-order valence-electron chi connectivity index (χ3n) is 5.41. The third-order valence-corrected chi connectivity index (χ3v) is 7.53. The number of unbranched alkanes of at least 4 members (excludes halogenated alkanes) is 9. The molecule has 0 spiro atoms. The van der Waals surface area contributed by atoms with E-state index in [-0.39, 0.29) is 0 Å². The summed E-state index contributed by atoms with van der Waals surface area (Å²) in [4.78, 5) is 4.29. The maximum absolute atomic E-state index is 2.33. The lowest BCUT2D eigenvalue weighted by molar-refractivity contribution is 0.557. The van der Waals surface area contributed by atoms with Gasteiger partial charge in [-0.2, -0.15) is 0 Å². The zero-order valence-electron chi connectivity index (χ0n) is 17.3. The molecule has 3 aromatic rings. The second-order valence-electron chi connectivity index (χ2n) is 7.75. The highest BCUT2D eigenvalue weighted by Gasteiger charge is 2.05. The summed E-state index contributed by atoms with van der Waals surface area (Å²) < 4.78 is 0. The molecule has 1 aromatic carbocycles. The molecule has 2 aromatic heterocycles. The molecule has 0 radical (unpaired) electrons. The molecule has 0 saturated carbocycles. The van der Waals surface area contributed by atoms with Crippen molar-refractivity contribution < 1.29 is 0 Å². The average molecular weight is 411 g/mol. The van der Waals surface area contributed by atoms with E-state index in [9.17, 15) is 0 Å². The van der Waals surface area contributed by atoms with Crippen LogP contribution in [0.5, 0.6) is 0 Å². The first kappa shape index (κ1) is 21.3. The first-order valence-electron chi connectivity index (χ1n) is 11.1. The molecule has 0 unspecified atom stereocenters. The van der Waals surface area contributed by atoms with Gasteiger partial charge in [-0.05, 0) is 47.5 Å². The molecular weight excluding hydrogens is 376 g/mol. The standard InChI is InChI=1S/C26H34S2/c1-2-3-4-5-6-7-8-9-10-11-13-24-19-20-26(28-24)23-17-15-22(16-18-23)25-14-12-21-27-25/h12,14-21H,2-11,13H2,1H3. The van der Waals surface area contributed by atoms with Crippen molar-refractivity contribution in [1.29, 1.82) is 0 Å². The topological polar surface area (TPSA) is 0 Å². The summed E-state index contributed by atoms with van der Waals surface area (Å²) in [6.45, 7) is 2.29. The molecule has 2 heteroatoms. The molecule has 0 amide bonds. The fourth-order valence-electron chi connectivity index (χ4n) is 3.70. The predicted molar refractivity (Wildman–Crippen MR) is 129 cm³/mol. The number of hydrogen-bond donors (Lipinski definition) is 0. The highest BCUT2D eigenvalue weighted by molar-refractivity contribution is 7.15. The van der Waals surface area contributed by atoms with Gasteiger partial charge in [0, 0.05) is 14.6 Å². The fraction of sp³-hybridized carbons (Fsp3) is 0.462. The van der Waals surface area contributed by atoms with Crippen molar-refractivity contribution in [3.8, 4) is 20.9 Å². The maximum Gasteiger partial charge on any atom is 0.0345 e. The van der Waals surface area contributed by atoms with Gasteiger partial charge in [-0.15, -0.1) is 22.7 Å². The first-order chi connectivity index (χ1) is 13.9. The third kappa shape index (κ3) is 6.90. The fourth-order valence-corrected chi connectivity index (χ4v) is 5.48. The SMILES string of the molecule is CCCCCCCCCCCCc1ccc(-c2ccc(-c3cccs3)cc2)s1. The largest absolute Gasteiger partial charge is 0.144 e. The summed E-state index contributed by atoms with van der Waals surface area (Å²) in [5, 5.41) is 2.14. The summed E-state index contributed by atoms with van der Waals surface area (Å²) in [5.41, 5.74) is 2.67. The van der Waals surface area contributed by atoms with E-state index in [4.69, 9.17) is 0 Å². The van der Waals surface area contributed by atoms with Crippen LogP contribution in [0.4, 0.5) is 0 Å². The minimum atomic E-state index is 1.24. The van der Waals surface area contributed by atoms with Crippen LogP contribution in [0.25, 0.3) is 20.9 Å². The number of benzene rings is 1. The lowest BCUT2D eigenvalue weighted by Gasteiger charge is -2.02. The van der Waals surface area contributed by atoms with Gasteiger partial charge in [-0.1, -0.05) is 95.0 Å². The highest BCUT2D eigenvalue weighted by atomic mass is 32.1. The Labute approximate surface area is 179 Å². The highest BCUT2D eigenvalue weighted by Crippen LogP contribution is 2.32. The van der Waals surface area contributed by atoms with E-state index in [1.807, 2.05) is 11.3 Å². The Kier molecular flexibility index (Phi) is 9.32. The van der Waals surface area contributed by atoms with Crippen molar-refractivity contribution >= 4 is 22.7 Å². The van der Waals surface area contributed by atoms with E-state index in [1.165, 1.54) is 96.4 Å². The Balaban J connectivity index is 1.34. The maximum atomic E-state index is 2.33. The predicted octanol–water partition coefficient (Wildman–Crippen LogP) is 9.61. The van der Waals surface area contributed by atoms with Crippen LogP contribution < -0.4 is 0 Å². The lowest BCUT2D eigenvalue weighted by Crippen LogP contribution is -1.84. The minimum Gasteiger partial charge on any atom is -0.144 e. The molecular formula is C26H34S2. The van der Waals surface area contributed by atoms with E-state index in [1.54, 1.807) is 11.3 Å². The van der Waals surface area contributed by atoms with Crippen LogP contribution in [0.2, 0.25) is 0 Å². The van der Waals surface area contributed by atoms with Crippen molar-refractivity contribution in [2.75, 3.05) is 0 Å². The summed E-state index contributed by atoms with van der Waals surface area (Å²) in [5.74, 6) is 0. The van der Waals surface area contributed by atoms with Crippen molar-refractivity contribution in [1.82, 2.24) is 0 Å². The number of thiophene rings is 2. The Morgan fingerprint density at radius 2 is 1.21 bits per heavy atom. The first-order valence-corrected chi connectivity index (χ1v) is 12.8. The number of aryl methyl sites for hydroxylation is 1. The van der Waals surface area contributed by atoms with E-state index >= 15 is 0 Å². The molecule has 0 saturated heterocycles. The van der Waals surface area contributed by atoms with Crippen molar-refractivity contribution in [3.05, 3.63) is 58.8 Å². The van der Waals surface area contributed by atoms with Crippen LogP contribution in [0.1, 0.15) is 76.0 Å². The molecule has 0 bridgehead atoms. The van der Waals surface area contributed by atoms with Crippen LogP contribution >= 0.6 is 22.7 Å². The van der Waals surface area contributed by atoms with Crippen LogP contribution in [-0.4, -0.2) is 0 Å². The van der Waals surface area contributed by atoms with Gasteiger partial charge in [-0.3, -0.25) is 0 Å². The molecule has 28 heavy (non-hydrogen) atoms.